The zero-order valence-electron chi connectivity index (χ0n) is 18.5. The monoisotopic (exact) mass is 529 g/mol. The van der Waals surface area contributed by atoms with Gasteiger partial charge < -0.3 is 20.7 Å². The van der Waals surface area contributed by atoms with Gasteiger partial charge >= 0.3 is 0 Å². The molecule has 2 fully saturated rings. The second-order valence-corrected chi connectivity index (χ2v) is 10.5. The van der Waals surface area contributed by atoms with Crippen LogP contribution in [0.3, 0.4) is 0 Å². The summed E-state index contributed by atoms with van der Waals surface area (Å²) in [7, 11) is 0. The quantitative estimate of drug-likeness (QED) is 0.481. The second kappa shape index (κ2) is 10.7. The number of amides is 2. The Balaban J connectivity index is 1.59. The Hall–Kier alpha value is -2.45. The van der Waals surface area contributed by atoms with Crippen molar-refractivity contribution in [1.82, 2.24) is 4.90 Å². The molecule has 2 aliphatic rings. The van der Waals surface area contributed by atoms with E-state index < -0.39 is 5.91 Å². The number of thioether (sulfide) groups is 1. The van der Waals surface area contributed by atoms with E-state index in [-0.39, 0.29) is 24.1 Å². The van der Waals surface area contributed by atoms with Crippen LogP contribution in [-0.4, -0.2) is 34.9 Å². The topological polar surface area (TPSA) is 84.7 Å². The first kappa shape index (κ1) is 23.7. The van der Waals surface area contributed by atoms with Gasteiger partial charge in [-0.1, -0.05) is 55.8 Å². The highest BCUT2D eigenvalue weighted by Gasteiger charge is 2.42. The Morgan fingerprint density at radius 3 is 2.70 bits per heavy atom. The minimum Gasteiger partial charge on any atom is -0.483 e. The number of anilines is 1. The molecule has 0 spiro atoms. The zero-order chi connectivity index (χ0) is 23.4. The lowest BCUT2D eigenvalue weighted by Crippen LogP contribution is -2.48. The third kappa shape index (κ3) is 5.73. The third-order valence-corrected chi connectivity index (χ3v) is 7.78. The summed E-state index contributed by atoms with van der Waals surface area (Å²) in [5.41, 5.74) is 6.88. The summed E-state index contributed by atoms with van der Waals surface area (Å²) in [6, 6.07) is 15.8. The van der Waals surface area contributed by atoms with Crippen molar-refractivity contribution in [3.63, 3.8) is 0 Å². The Kier molecular flexibility index (Phi) is 7.65. The molecule has 8 heteroatoms. The van der Waals surface area contributed by atoms with Crippen LogP contribution >= 0.6 is 27.7 Å². The molecule has 2 aromatic rings. The first-order valence-corrected chi connectivity index (χ1v) is 12.8. The molecule has 1 aliphatic carbocycles. The fourth-order valence-electron chi connectivity index (χ4n) is 4.39. The summed E-state index contributed by atoms with van der Waals surface area (Å²) in [4.78, 5) is 27.3. The van der Waals surface area contributed by atoms with Gasteiger partial charge in [0.25, 0.3) is 11.8 Å². The summed E-state index contributed by atoms with van der Waals surface area (Å²) in [6.45, 7) is 2.07. The molecule has 1 unspecified atom stereocenters. The fourth-order valence-corrected chi connectivity index (χ4v) is 6.11. The van der Waals surface area contributed by atoms with Crippen molar-refractivity contribution in [2.45, 2.75) is 44.1 Å². The molecule has 1 heterocycles. The molecule has 1 aliphatic heterocycles. The molecule has 3 N–H and O–H groups in total. The first-order valence-electron chi connectivity index (χ1n) is 11.2. The van der Waals surface area contributed by atoms with Crippen molar-refractivity contribution in [1.29, 1.82) is 0 Å². The molecule has 4 rings (SSSR count). The Bertz CT molecular complexity index is 1050. The number of hydrogen-bond acceptors (Lipinski definition) is 5. The van der Waals surface area contributed by atoms with Crippen LogP contribution in [0.25, 0.3) is 6.08 Å². The molecule has 2 amide bonds. The molecule has 0 bridgehead atoms. The van der Waals surface area contributed by atoms with E-state index in [1.807, 2.05) is 53.4 Å². The van der Waals surface area contributed by atoms with Crippen molar-refractivity contribution in [2.75, 3.05) is 11.9 Å². The maximum Gasteiger partial charge on any atom is 0.262 e. The van der Waals surface area contributed by atoms with Crippen molar-refractivity contribution in [3.8, 4) is 5.75 Å². The van der Waals surface area contributed by atoms with Crippen LogP contribution in [0.2, 0.25) is 0 Å². The van der Waals surface area contributed by atoms with Crippen molar-refractivity contribution >= 4 is 51.3 Å². The van der Waals surface area contributed by atoms with Gasteiger partial charge in [-0.15, -0.1) is 0 Å². The number of carbonyl (C=O) groups excluding carboxylic acids is 2. The second-order valence-electron chi connectivity index (χ2n) is 8.48. The first-order chi connectivity index (χ1) is 15.9. The largest absolute Gasteiger partial charge is 0.483 e. The van der Waals surface area contributed by atoms with Gasteiger partial charge in [0.2, 0.25) is 0 Å². The van der Waals surface area contributed by atoms with Crippen LogP contribution in [0.1, 0.15) is 38.2 Å². The van der Waals surface area contributed by atoms with Crippen LogP contribution in [-0.2, 0) is 9.59 Å². The maximum atomic E-state index is 13.6. The van der Waals surface area contributed by atoms with Crippen LogP contribution in [0.5, 0.6) is 5.75 Å². The minimum atomic E-state index is -0.532. The number of halogens is 1. The number of rotatable bonds is 7. The summed E-state index contributed by atoms with van der Waals surface area (Å²) < 4.78 is 6.10. The SMILES string of the molecule is C[C@H]1CCCC[C@H]1N1C(=O)/C(=C/c2ccc(OCC(N)=O)c(Br)c2)SC1Nc1ccccc1. The number of nitrogens with zero attached hydrogens (tertiary/aromatic N) is 1. The van der Waals surface area contributed by atoms with Crippen molar-refractivity contribution in [2.24, 2.45) is 11.7 Å². The van der Waals surface area contributed by atoms with E-state index in [1.54, 1.807) is 17.8 Å². The minimum absolute atomic E-state index is 0.0670. The van der Waals surface area contributed by atoms with Gasteiger partial charge in [0.05, 0.1) is 9.38 Å². The van der Waals surface area contributed by atoms with Crippen LogP contribution in [0.15, 0.2) is 57.9 Å². The van der Waals surface area contributed by atoms with E-state index in [2.05, 4.69) is 28.2 Å². The number of para-hydroxylation sites is 1. The number of hydrogen-bond donors (Lipinski definition) is 2. The normalized spacial score (nSPS) is 24.2. The molecule has 2 aromatic carbocycles. The van der Waals surface area contributed by atoms with E-state index >= 15 is 0 Å². The highest BCUT2D eigenvalue weighted by Crippen LogP contribution is 2.42. The van der Waals surface area contributed by atoms with Crippen LogP contribution < -0.4 is 15.8 Å². The number of nitrogens with two attached hydrogens (primary N) is 1. The predicted octanol–water partition coefficient (Wildman–Crippen LogP) is 5.20. The predicted molar refractivity (Wildman–Crippen MR) is 137 cm³/mol. The van der Waals surface area contributed by atoms with Gasteiger partial charge in [0.1, 0.15) is 5.75 Å². The van der Waals surface area contributed by atoms with E-state index in [1.165, 1.54) is 6.42 Å². The lowest BCUT2D eigenvalue weighted by atomic mass is 9.85. The summed E-state index contributed by atoms with van der Waals surface area (Å²) in [5.74, 6) is 0.536. The summed E-state index contributed by atoms with van der Waals surface area (Å²) in [5, 5.41) is 3.56. The molecule has 0 aromatic heterocycles. The number of ether oxygens (including phenoxy) is 1. The molecule has 6 nitrogen and oxygen atoms in total. The molecule has 174 valence electrons. The standard InChI is InChI=1S/C25H28BrN3O3S/c1-16-7-5-6-10-20(16)29-24(31)22(33-25(29)28-18-8-3-2-4-9-18)14-17-11-12-21(19(26)13-17)32-15-23(27)30/h2-4,8-9,11-14,16,20,25,28H,5-7,10,15H2,1H3,(H2,27,30)/b22-14-/t16-,20+,25?/m0/s1. The molecular weight excluding hydrogens is 502 g/mol. The highest BCUT2D eigenvalue weighted by molar-refractivity contribution is 9.10. The number of primary amides is 1. The van der Waals surface area contributed by atoms with Crippen LogP contribution in [0.4, 0.5) is 5.69 Å². The molecule has 0 radical (unpaired) electrons. The van der Waals surface area contributed by atoms with Crippen molar-refractivity contribution in [3.05, 3.63) is 63.5 Å². The maximum absolute atomic E-state index is 13.6. The van der Waals surface area contributed by atoms with E-state index in [0.717, 1.165) is 30.5 Å². The lowest BCUT2D eigenvalue weighted by Gasteiger charge is -2.39. The average Bonchev–Trinajstić information content (AvgIpc) is 3.08. The van der Waals surface area contributed by atoms with E-state index in [4.69, 9.17) is 10.5 Å². The Morgan fingerprint density at radius 2 is 2.00 bits per heavy atom. The fraction of sp³-hybridized carbons (Fsp3) is 0.360. The van der Waals surface area contributed by atoms with Gasteiger partial charge in [0.15, 0.2) is 12.1 Å². The number of carbonyl (C=O) groups is 2. The van der Waals surface area contributed by atoms with Gasteiger partial charge in [-0.05, 0) is 70.6 Å². The van der Waals surface area contributed by atoms with Gasteiger partial charge in [-0.25, -0.2) is 0 Å². The van der Waals surface area contributed by atoms with Gasteiger partial charge in [-0.2, -0.15) is 0 Å². The van der Waals surface area contributed by atoms with E-state index in [9.17, 15) is 9.59 Å². The number of benzene rings is 2. The molecule has 1 saturated heterocycles. The summed E-state index contributed by atoms with van der Waals surface area (Å²) in [6.07, 6.45) is 6.48. The van der Waals surface area contributed by atoms with Crippen molar-refractivity contribution < 1.29 is 14.3 Å². The van der Waals surface area contributed by atoms with Crippen LogP contribution in [0, 0.1) is 5.92 Å². The average molecular weight is 530 g/mol. The molecule has 1 saturated carbocycles. The molecule has 3 atom stereocenters. The highest BCUT2D eigenvalue weighted by atomic mass is 79.9. The van der Waals surface area contributed by atoms with Gasteiger partial charge in [-0.3, -0.25) is 9.59 Å². The van der Waals surface area contributed by atoms with Gasteiger partial charge in [0, 0.05) is 11.7 Å². The molecule has 33 heavy (non-hydrogen) atoms. The Morgan fingerprint density at radius 1 is 1.24 bits per heavy atom. The zero-order valence-corrected chi connectivity index (χ0v) is 20.9. The Labute approximate surface area is 207 Å². The molecular formula is C25H28BrN3O3S. The van der Waals surface area contributed by atoms with E-state index in [0.29, 0.717) is 21.0 Å². The lowest BCUT2D eigenvalue weighted by molar-refractivity contribution is -0.129. The number of nitrogens with one attached hydrogen (secondary N) is 1. The summed E-state index contributed by atoms with van der Waals surface area (Å²) >= 11 is 5.03. The smallest absolute Gasteiger partial charge is 0.262 e. The third-order valence-electron chi connectivity index (χ3n) is 6.05.